The Bertz CT molecular complexity index is 742. The highest BCUT2D eigenvalue weighted by Gasteiger charge is 2.23. The molecule has 140 valence electrons. The Balaban J connectivity index is 1.37. The SMILES string of the molecule is CN(C)c1ccc(N2CCN(Cc3c4c(nn3C)CCCC4)CC2)nn1. The van der Waals surface area contributed by atoms with Crippen molar-refractivity contribution < 1.29 is 0 Å². The summed E-state index contributed by atoms with van der Waals surface area (Å²) in [4.78, 5) is 6.86. The van der Waals surface area contributed by atoms with Crippen molar-refractivity contribution in [3.63, 3.8) is 0 Å². The van der Waals surface area contributed by atoms with Gasteiger partial charge in [-0.25, -0.2) is 0 Å². The number of hydrogen-bond acceptors (Lipinski definition) is 6. The van der Waals surface area contributed by atoms with Crippen LogP contribution in [0.4, 0.5) is 11.6 Å². The highest BCUT2D eigenvalue weighted by molar-refractivity contribution is 5.44. The zero-order chi connectivity index (χ0) is 18.1. The summed E-state index contributed by atoms with van der Waals surface area (Å²) in [6.45, 7) is 5.11. The van der Waals surface area contributed by atoms with Crippen molar-refractivity contribution in [2.24, 2.45) is 7.05 Å². The standard InChI is InChI=1S/C19H29N7/c1-23(2)18-8-9-19(21-20-18)26-12-10-25(11-13-26)14-17-15-6-4-5-7-16(15)22-24(17)3/h8-9H,4-7,10-14H2,1-3H3. The van der Waals surface area contributed by atoms with Crippen LogP contribution in [0.15, 0.2) is 12.1 Å². The van der Waals surface area contributed by atoms with Crippen molar-refractivity contribution in [3.05, 3.63) is 29.1 Å². The third kappa shape index (κ3) is 3.40. The van der Waals surface area contributed by atoms with E-state index in [0.717, 1.165) is 50.8 Å². The first kappa shape index (κ1) is 17.3. The van der Waals surface area contributed by atoms with Gasteiger partial charge < -0.3 is 9.80 Å². The van der Waals surface area contributed by atoms with Crippen LogP contribution < -0.4 is 9.80 Å². The van der Waals surface area contributed by atoms with E-state index in [0.29, 0.717) is 0 Å². The van der Waals surface area contributed by atoms with E-state index < -0.39 is 0 Å². The fourth-order valence-electron chi connectivity index (χ4n) is 4.02. The molecule has 1 fully saturated rings. The van der Waals surface area contributed by atoms with Gasteiger partial charge in [-0.15, -0.1) is 10.2 Å². The molecule has 0 radical (unpaired) electrons. The van der Waals surface area contributed by atoms with Crippen LogP contribution in [0.5, 0.6) is 0 Å². The molecule has 7 nitrogen and oxygen atoms in total. The maximum atomic E-state index is 4.76. The molecule has 0 atom stereocenters. The van der Waals surface area contributed by atoms with E-state index in [9.17, 15) is 0 Å². The summed E-state index contributed by atoms with van der Waals surface area (Å²) >= 11 is 0. The number of rotatable bonds is 4. The molecule has 1 saturated heterocycles. The second-order valence-electron chi connectivity index (χ2n) is 7.61. The van der Waals surface area contributed by atoms with Gasteiger partial charge in [0.25, 0.3) is 0 Å². The molecule has 2 aliphatic rings. The lowest BCUT2D eigenvalue weighted by atomic mass is 9.95. The van der Waals surface area contributed by atoms with E-state index in [1.165, 1.54) is 36.2 Å². The molecule has 26 heavy (non-hydrogen) atoms. The molecule has 0 unspecified atom stereocenters. The van der Waals surface area contributed by atoms with Crippen molar-refractivity contribution in [1.82, 2.24) is 24.9 Å². The largest absolute Gasteiger partial charge is 0.361 e. The Kier molecular flexibility index (Phi) is 4.80. The van der Waals surface area contributed by atoms with Gasteiger partial charge in [0.15, 0.2) is 11.6 Å². The van der Waals surface area contributed by atoms with E-state index in [4.69, 9.17) is 5.10 Å². The highest BCUT2D eigenvalue weighted by atomic mass is 15.3. The fraction of sp³-hybridized carbons (Fsp3) is 0.632. The van der Waals surface area contributed by atoms with Crippen LogP contribution in [0.2, 0.25) is 0 Å². The monoisotopic (exact) mass is 355 g/mol. The molecular weight excluding hydrogens is 326 g/mol. The van der Waals surface area contributed by atoms with Gasteiger partial charge in [0, 0.05) is 53.9 Å². The first-order chi connectivity index (χ1) is 12.6. The molecular formula is C19H29N7. The summed E-state index contributed by atoms with van der Waals surface area (Å²) in [5, 5.41) is 13.5. The second kappa shape index (κ2) is 7.23. The number of piperazine rings is 1. The topological polar surface area (TPSA) is 53.3 Å². The molecule has 0 amide bonds. The average molecular weight is 355 g/mol. The molecule has 3 heterocycles. The number of anilines is 2. The van der Waals surface area contributed by atoms with Crippen LogP contribution in [0.3, 0.4) is 0 Å². The molecule has 0 bridgehead atoms. The number of nitrogens with zero attached hydrogens (tertiary/aromatic N) is 7. The summed E-state index contributed by atoms with van der Waals surface area (Å²) in [5.41, 5.74) is 4.28. The molecule has 4 rings (SSSR count). The molecule has 1 aliphatic heterocycles. The number of hydrogen-bond donors (Lipinski definition) is 0. The van der Waals surface area contributed by atoms with Crippen molar-refractivity contribution in [3.8, 4) is 0 Å². The van der Waals surface area contributed by atoms with Crippen LogP contribution >= 0.6 is 0 Å². The molecule has 2 aromatic rings. The minimum absolute atomic E-state index is 0.897. The number of aromatic nitrogens is 4. The maximum absolute atomic E-state index is 4.76. The number of aryl methyl sites for hydroxylation is 2. The van der Waals surface area contributed by atoms with Crippen molar-refractivity contribution >= 4 is 11.6 Å². The third-order valence-electron chi connectivity index (χ3n) is 5.61. The molecule has 7 heteroatoms. The van der Waals surface area contributed by atoms with Gasteiger partial charge in [0.2, 0.25) is 0 Å². The molecule has 0 spiro atoms. The highest BCUT2D eigenvalue weighted by Crippen LogP contribution is 2.25. The van der Waals surface area contributed by atoms with Crippen LogP contribution in [0.1, 0.15) is 29.8 Å². The first-order valence-electron chi connectivity index (χ1n) is 9.64. The fourth-order valence-corrected chi connectivity index (χ4v) is 4.02. The molecule has 0 saturated carbocycles. The van der Waals surface area contributed by atoms with Gasteiger partial charge >= 0.3 is 0 Å². The van der Waals surface area contributed by atoms with E-state index in [2.05, 4.69) is 37.8 Å². The Labute approximate surface area is 155 Å². The van der Waals surface area contributed by atoms with Crippen molar-refractivity contribution in [1.29, 1.82) is 0 Å². The smallest absolute Gasteiger partial charge is 0.151 e. The lowest BCUT2D eigenvalue weighted by molar-refractivity contribution is 0.242. The summed E-state index contributed by atoms with van der Waals surface area (Å²) in [6, 6.07) is 4.12. The van der Waals surface area contributed by atoms with Crippen LogP contribution in [-0.4, -0.2) is 65.2 Å². The summed E-state index contributed by atoms with van der Waals surface area (Å²) in [5.74, 6) is 1.88. The van der Waals surface area contributed by atoms with Gasteiger partial charge in [0.1, 0.15) is 0 Å². The zero-order valence-electron chi connectivity index (χ0n) is 16.1. The van der Waals surface area contributed by atoms with E-state index in [-0.39, 0.29) is 0 Å². The van der Waals surface area contributed by atoms with Crippen molar-refractivity contribution in [2.45, 2.75) is 32.2 Å². The molecule has 2 aromatic heterocycles. The molecule has 0 aromatic carbocycles. The van der Waals surface area contributed by atoms with Gasteiger partial charge in [-0.1, -0.05) is 0 Å². The lowest BCUT2D eigenvalue weighted by Crippen LogP contribution is -2.46. The Morgan fingerprint density at radius 2 is 1.77 bits per heavy atom. The predicted octanol–water partition coefficient (Wildman–Crippen LogP) is 1.48. The van der Waals surface area contributed by atoms with Gasteiger partial charge in [-0.05, 0) is 43.4 Å². The molecule has 0 N–H and O–H groups in total. The van der Waals surface area contributed by atoms with Crippen LogP contribution in [0, 0.1) is 0 Å². The summed E-state index contributed by atoms with van der Waals surface area (Å²) in [6.07, 6.45) is 4.95. The van der Waals surface area contributed by atoms with E-state index >= 15 is 0 Å². The van der Waals surface area contributed by atoms with Crippen LogP contribution in [-0.2, 0) is 26.4 Å². The number of fused-ring (bicyclic) bond motifs is 1. The lowest BCUT2D eigenvalue weighted by Gasteiger charge is -2.35. The second-order valence-corrected chi connectivity index (χ2v) is 7.61. The Hall–Kier alpha value is -2.15. The third-order valence-corrected chi connectivity index (χ3v) is 5.61. The van der Waals surface area contributed by atoms with Crippen molar-refractivity contribution in [2.75, 3.05) is 50.1 Å². The minimum atomic E-state index is 0.897. The predicted molar refractivity (Wildman–Crippen MR) is 104 cm³/mol. The van der Waals surface area contributed by atoms with E-state index in [1.54, 1.807) is 0 Å². The Morgan fingerprint density at radius 3 is 2.46 bits per heavy atom. The van der Waals surface area contributed by atoms with Gasteiger partial charge in [-0.2, -0.15) is 5.10 Å². The normalized spacial score (nSPS) is 18.0. The van der Waals surface area contributed by atoms with Gasteiger partial charge in [-0.3, -0.25) is 9.58 Å². The quantitative estimate of drug-likeness (QED) is 0.828. The van der Waals surface area contributed by atoms with Gasteiger partial charge in [0.05, 0.1) is 11.4 Å². The van der Waals surface area contributed by atoms with E-state index in [1.807, 2.05) is 25.1 Å². The summed E-state index contributed by atoms with van der Waals surface area (Å²) < 4.78 is 2.12. The first-order valence-corrected chi connectivity index (χ1v) is 9.64. The average Bonchev–Trinajstić information content (AvgIpc) is 2.98. The van der Waals surface area contributed by atoms with Crippen LogP contribution in [0.25, 0.3) is 0 Å². The zero-order valence-corrected chi connectivity index (χ0v) is 16.1. The summed E-state index contributed by atoms with van der Waals surface area (Å²) in [7, 11) is 6.07. The maximum Gasteiger partial charge on any atom is 0.151 e. The minimum Gasteiger partial charge on any atom is -0.361 e. The Morgan fingerprint density at radius 1 is 1.00 bits per heavy atom. The molecule has 1 aliphatic carbocycles.